The monoisotopic (exact) mass is 380 g/mol. The van der Waals surface area contributed by atoms with Crippen molar-refractivity contribution in [1.82, 2.24) is 4.98 Å². The summed E-state index contributed by atoms with van der Waals surface area (Å²) in [6.07, 6.45) is 1.86. The Morgan fingerprint density at radius 3 is 2.79 bits per heavy atom. The molecule has 122 valence electrons. The highest BCUT2D eigenvalue weighted by Gasteiger charge is 2.31. The minimum Gasteiger partial charge on any atom is -0.505 e. The van der Waals surface area contributed by atoms with Gasteiger partial charge in [-0.25, -0.2) is 0 Å². The summed E-state index contributed by atoms with van der Waals surface area (Å²) in [6.45, 7) is 0. The average molecular weight is 382 g/mol. The molecule has 2 N–H and O–H groups in total. The average Bonchev–Trinajstić information content (AvgIpc) is 3.02. The molecule has 4 nitrogen and oxygen atoms in total. The predicted octanol–water partition coefficient (Wildman–Crippen LogP) is 5.27. The second-order valence-electron chi connectivity index (χ2n) is 5.46. The second-order valence-corrected chi connectivity index (χ2v) is 6.60. The third kappa shape index (κ3) is 2.51. The van der Waals surface area contributed by atoms with Gasteiger partial charge < -0.3 is 15.2 Å². The van der Waals surface area contributed by atoms with Gasteiger partial charge in [0.1, 0.15) is 15.8 Å². The first-order chi connectivity index (χ1) is 11.5. The topological polar surface area (TPSA) is 54.4 Å². The van der Waals surface area contributed by atoms with Crippen LogP contribution in [-0.4, -0.2) is 16.3 Å². The van der Waals surface area contributed by atoms with Crippen LogP contribution < -0.4 is 10.1 Å². The first kappa shape index (κ1) is 15.6. The van der Waals surface area contributed by atoms with Crippen LogP contribution in [0.2, 0.25) is 15.1 Å². The molecule has 0 bridgehead atoms. The van der Waals surface area contributed by atoms with Crippen LogP contribution in [0, 0.1) is 0 Å². The zero-order valence-electron chi connectivity index (χ0n) is 12.2. The highest BCUT2D eigenvalue weighted by molar-refractivity contribution is 6.46. The zero-order chi connectivity index (χ0) is 16.8. The van der Waals surface area contributed by atoms with E-state index in [4.69, 9.17) is 39.5 Å². The van der Waals surface area contributed by atoms with E-state index in [2.05, 4.69) is 10.3 Å². The summed E-state index contributed by atoms with van der Waals surface area (Å²) < 4.78 is 5.83. The van der Waals surface area contributed by atoms with E-state index in [1.165, 1.54) is 0 Å². The Bertz CT molecular complexity index is 925. The zero-order valence-corrected chi connectivity index (χ0v) is 14.5. The highest BCUT2D eigenvalue weighted by Crippen LogP contribution is 2.50. The molecule has 0 saturated carbocycles. The summed E-state index contributed by atoms with van der Waals surface area (Å²) in [5.74, 6) is 0.188. The predicted molar refractivity (Wildman–Crippen MR) is 96.6 cm³/mol. The van der Waals surface area contributed by atoms with E-state index in [9.17, 15) is 5.11 Å². The Balaban J connectivity index is 1.63. The SMILES string of the molecule is Oc1c(Cl)c(Cl)c2c(c1Cl)CC(Nc1ccc3ncccc3c1)O2. The van der Waals surface area contributed by atoms with Crippen molar-refractivity contribution in [3.8, 4) is 11.5 Å². The molecule has 1 atom stereocenters. The molecule has 0 radical (unpaired) electrons. The Morgan fingerprint density at radius 1 is 1.12 bits per heavy atom. The van der Waals surface area contributed by atoms with Gasteiger partial charge in [0.05, 0.1) is 10.5 Å². The number of ether oxygens (including phenoxy) is 1. The maximum absolute atomic E-state index is 9.91. The fourth-order valence-corrected chi connectivity index (χ4v) is 3.52. The molecule has 3 aromatic rings. The van der Waals surface area contributed by atoms with Gasteiger partial charge in [-0.3, -0.25) is 4.98 Å². The Labute approximate surface area is 152 Å². The number of pyridine rings is 1. The third-order valence-electron chi connectivity index (χ3n) is 3.93. The number of hydrogen-bond donors (Lipinski definition) is 2. The number of phenols is 1. The van der Waals surface area contributed by atoms with Crippen molar-refractivity contribution in [2.45, 2.75) is 12.6 Å². The lowest BCUT2D eigenvalue weighted by molar-refractivity contribution is 0.263. The minimum absolute atomic E-state index is 0.00199. The van der Waals surface area contributed by atoms with Crippen molar-refractivity contribution in [3.05, 3.63) is 57.2 Å². The molecule has 4 rings (SSSR count). The number of benzene rings is 2. The van der Waals surface area contributed by atoms with Gasteiger partial charge in [-0.1, -0.05) is 40.9 Å². The lowest BCUT2D eigenvalue weighted by Gasteiger charge is -2.15. The van der Waals surface area contributed by atoms with Crippen molar-refractivity contribution in [1.29, 1.82) is 0 Å². The number of aromatic hydroxyl groups is 1. The van der Waals surface area contributed by atoms with Crippen LogP contribution in [0.15, 0.2) is 36.5 Å². The molecular weight excluding hydrogens is 371 g/mol. The van der Waals surface area contributed by atoms with Crippen LogP contribution in [-0.2, 0) is 6.42 Å². The number of rotatable bonds is 2. The Morgan fingerprint density at radius 2 is 1.96 bits per heavy atom. The molecule has 24 heavy (non-hydrogen) atoms. The molecular formula is C17H11Cl3N2O2. The molecule has 0 spiro atoms. The molecule has 1 aliphatic rings. The van der Waals surface area contributed by atoms with E-state index in [1.54, 1.807) is 6.20 Å². The molecule has 2 aromatic carbocycles. The maximum atomic E-state index is 9.91. The number of fused-ring (bicyclic) bond motifs is 2. The summed E-state index contributed by atoms with van der Waals surface area (Å²) in [4.78, 5) is 4.29. The Kier molecular flexibility index (Phi) is 3.83. The number of aromatic nitrogens is 1. The van der Waals surface area contributed by atoms with Gasteiger partial charge in [-0.15, -0.1) is 0 Å². The van der Waals surface area contributed by atoms with Crippen LogP contribution >= 0.6 is 34.8 Å². The van der Waals surface area contributed by atoms with Crippen molar-refractivity contribution in [2.24, 2.45) is 0 Å². The van der Waals surface area contributed by atoms with Gasteiger partial charge in [0.25, 0.3) is 0 Å². The van der Waals surface area contributed by atoms with Gasteiger partial charge in [0.15, 0.2) is 12.0 Å². The van der Waals surface area contributed by atoms with Gasteiger partial charge in [0.2, 0.25) is 0 Å². The number of halogens is 3. The Hall–Kier alpha value is -1.88. The summed E-state index contributed by atoms with van der Waals surface area (Å²) in [5, 5.41) is 14.6. The van der Waals surface area contributed by atoms with Crippen LogP contribution in [0.5, 0.6) is 11.5 Å². The quantitative estimate of drug-likeness (QED) is 0.593. The van der Waals surface area contributed by atoms with Crippen LogP contribution in [0.3, 0.4) is 0 Å². The first-order valence-corrected chi connectivity index (χ1v) is 8.34. The van der Waals surface area contributed by atoms with Gasteiger partial charge in [0, 0.05) is 29.3 Å². The van der Waals surface area contributed by atoms with Crippen LogP contribution in [0.25, 0.3) is 10.9 Å². The van der Waals surface area contributed by atoms with E-state index in [0.29, 0.717) is 17.7 Å². The largest absolute Gasteiger partial charge is 0.505 e. The van der Waals surface area contributed by atoms with E-state index in [-0.39, 0.29) is 27.0 Å². The van der Waals surface area contributed by atoms with Crippen molar-refractivity contribution in [2.75, 3.05) is 5.32 Å². The minimum atomic E-state index is -0.359. The fourth-order valence-electron chi connectivity index (χ4n) is 2.78. The number of anilines is 1. The molecule has 7 heteroatoms. The molecule has 0 aliphatic carbocycles. The standard InChI is InChI=1S/C17H11Cl3N2O2/c18-13-10-7-12(24-17(10)15(20)14(19)16(13)23)22-9-3-4-11-8(6-9)2-1-5-21-11/h1-6,12,22-23H,7H2. The molecule has 2 heterocycles. The van der Waals surface area contributed by atoms with E-state index >= 15 is 0 Å². The second kappa shape index (κ2) is 5.88. The lowest BCUT2D eigenvalue weighted by atomic mass is 10.1. The molecule has 0 amide bonds. The van der Waals surface area contributed by atoms with Gasteiger partial charge >= 0.3 is 0 Å². The van der Waals surface area contributed by atoms with E-state index < -0.39 is 0 Å². The molecule has 0 fully saturated rings. The van der Waals surface area contributed by atoms with Gasteiger partial charge in [-0.05, 0) is 24.3 Å². The summed E-state index contributed by atoms with van der Waals surface area (Å²) in [5.41, 5.74) is 2.45. The van der Waals surface area contributed by atoms with E-state index in [1.807, 2.05) is 30.3 Å². The lowest BCUT2D eigenvalue weighted by Crippen LogP contribution is -2.23. The molecule has 1 aromatic heterocycles. The van der Waals surface area contributed by atoms with E-state index in [0.717, 1.165) is 16.6 Å². The van der Waals surface area contributed by atoms with Crippen LogP contribution in [0.1, 0.15) is 5.56 Å². The number of phenolic OH excluding ortho intramolecular Hbond substituents is 1. The summed E-state index contributed by atoms with van der Waals surface area (Å²) in [6, 6.07) is 9.72. The normalized spacial score (nSPS) is 16.0. The number of hydrogen-bond acceptors (Lipinski definition) is 4. The van der Waals surface area contributed by atoms with Crippen LogP contribution in [0.4, 0.5) is 5.69 Å². The van der Waals surface area contributed by atoms with Crippen molar-refractivity contribution in [3.63, 3.8) is 0 Å². The number of nitrogens with one attached hydrogen (secondary N) is 1. The molecule has 1 unspecified atom stereocenters. The smallest absolute Gasteiger partial charge is 0.174 e. The first-order valence-electron chi connectivity index (χ1n) is 7.21. The number of nitrogens with zero attached hydrogens (tertiary/aromatic N) is 1. The fraction of sp³-hybridized carbons (Fsp3) is 0.118. The van der Waals surface area contributed by atoms with Crippen molar-refractivity contribution < 1.29 is 9.84 Å². The third-order valence-corrected chi connectivity index (χ3v) is 5.16. The molecule has 0 saturated heterocycles. The van der Waals surface area contributed by atoms with Crippen molar-refractivity contribution >= 4 is 51.4 Å². The maximum Gasteiger partial charge on any atom is 0.174 e. The van der Waals surface area contributed by atoms with Gasteiger partial charge in [-0.2, -0.15) is 0 Å². The summed E-state index contributed by atoms with van der Waals surface area (Å²) in [7, 11) is 0. The molecule has 1 aliphatic heterocycles. The summed E-state index contributed by atoms with van der Waals surface area (Å²) >= 11 is 18.3. The highest BCUT2D eigenvalue weighted by atomic mass is 35.5.